The zero-order valence-corrected chi connectivity index (χ0v) is 11.2. The number of rotatable bonds is 1. The van der Waals surface area contributed by atoms with Crippen LogP contribution in [0.4, 0.5) is 5.69 Å². The minimum Gasteiger partial charge on any atom is -0.438 e. The first-order valence-corrected chi connectivity index (χ1v) is 5.99. The number of aromatic nitrogens is 1. The van der Waals surface area contributed by atoms with Gasteiger partial charge in [-0.15, -0.1) is 0 Å². The summed E-state index contributed by atoms with van der Waals surface area (Å²) >= 11 is 0. The Labute approximate surface area is 102 Å². The maximum absolute atomic E-state index is 6.02. The molecule has 2 rings (SSSR count). The highest BCUT2D eigenvalue weighted by molar-refractivity contribution is 5.86. The standard InChI is InChI=1S/C14H20N2O/c1-8(2)9-6-10(15)12-11(7-9)16-13(17-12)14(3,4)5/h6-8H,15H2,1-5H3. The molecule has 1 heterocycles. The van der Waals surface area contributed by atoms with Crippen LogP contribution in [-0.2, 0) is 5.41 Å². The topological polar surface area (TPSA) is 52.0 Å². The Morgan fingerprint density at radius 1 is 1.24 bits per heavy atom. The molecular weight excluding hydrogens is 212 g/mol. The van der Waals surface area contributed by atoms with E-state index in [-0.39, 0.29) is 5.41 Å². The van der Waals surface area contributed by atoms with Crippen LogP contribution in [0.1, 0.15) is 52.0 Å². The SMILES string of the molecule is CC(C)c1cc(N)c2oc(C(C)(C)C)nc2c1. The molecule has 0 saturated heterocycles. The Hall–Kier alpha value is -1.51. The second-order valence-corrected chi connectivity index (χ2v) is 5.88. The van der Waals surface area contributed by atoms with Gasteiger partial charge in [0.25, 0.3) is 0 Å². The van der Waals surface area contributed by atoms with Crippen molar-refractivity contribution in [2.75, 3.05) is 5.73 Å². The van der Waals surface area contributed by atoms with Crippen molar-refractivity contribution in [3.63, 3.8) is 0 Å². The van der Waals surface area contributed by atoms with Crippen LogP contribution in [0.25, 0.3) is 11.1 Å². The number of fused-ring (bicyclic) bond motifs is 1. The third-order valence-corrected chi connectivity index (χ3v) is 2.85. The molecule has 0 radical (unpaired) electrons. The fourth-order valence-corrected chi connectivity index (χ4v) is 1.74. The Morgan fingerprint density at radius 3 is 2.41 bits per heavy atom. The third kappa shape index (κ3) is 2.14. The maximum atomic E-state index is 6.02. The molecule has 2 N–H and O–H groups in total. The third-order valence-electron chi connectivity index (χ3n) is 2.85. The number of anilines is 1. The molecule has 1 aromatic carbocycles. The first kappa shape index (κ1) is 12.0. The Morgan fingerprint density at radius 2 is 1.88 bits per heavy atom. The summed E-state index contributed by atoms with van der Waals surface area (Å²) in [7, 11) is 0. The predicted molar refractivity (Wildman–Crippen MR) is 71.2 cm³/mol. The van der Waals surface area contributed by atoms with Crippen molar-refractivity contribution in [2.45, 2.75) is 46.0 Å². The van der Waals surface area contributed by atoms with Gasteiger partial charge in [0.1, 0.15) is 5.52 Å². The molecule has 3 nitrogen and oxygen atoms in total. The Bertz CT molecular complexity index is 547. The molecular formula is C14H20N2O. The molecule has 17 heavy (non-hydrogen) atoms. The fourth-order valence-electron chi connectivity index (χ4n) is 1.74. The van der Waals surface area contributed by atoms with Gasteiger partial charge in [0.2, 0.25) is 5.89 Å². The molecule has 0 amide bonds. The van der Waals surface area contributed by atoms with E-state index in [1.807, 2.05) is 6.07 Å². The summed E-state index contributed by atoms with van der Waals surface area (Å²) in [5.41, 5.74) is 9.36. The second kappa shape index (κ2) is 3.76. The molecule has 2 aromatic rings. The van der Waals surface area contributed by atoms with Crippen molar-refractivity contribution in [3.8, 4) is 0 Å². The van der Waals surface area contributed by atoms with Crippen LogP contribution in [0, 0.1) is 0 Å². The van der Waals surface area contributed by atoms with Crippen LogP contribution >= 0.6 is 0 Å². The lowest BCUT2D eigenvalue weighted by atomic mass is 9.97. The normalized spacial score (nSPS) is 12.6. The lowest BCUT2D eigenvalue weighted by Crippen LogP contribution is -2.10. The average Bonchev–Trinajstić information content (AvgIpc) is 2.60. The van der Waals surface area contributed by atoms with E-state index < -0.39 is 0 Å². The molecule has 0 aliphatic carbocycles. The van der Waals surface area contributed by atoms with Crippen LogP contribution < -0.4 is 5.73 Å². The van der Waals surface area contributed by atoms with Crippen molar-refractivity contribution in [3.05, 3.63) is 23.6 Å². The number of nitrogens with two attached hydrogens (primary N) is 1. The molecule has 0 fully saturated rings. The van der Waals surface area contributed by atoms with Crippen LogP contribution in [0.15, 0.2) is 16.5 Å². The monoisotopic (exact) mass is 232 g/mol. The molecule has 0 bridgehead atoms. The van der Waals surface area contributed by atoms with E-state index in [9.17, 15) is 0 Å². The molecule has 0 atom stereocenters. The van der Waals surface area contributed by atoms with E-state index in [1.54, 1.807) is 0 Å². The summed E-state index contributed by atoms with van der Waals surface area (Å²) in [5.74, 6) is 1.18. The minimum absolute atomic E-state index is 0.0938. The second-order valence-electron chi connectivity index (χ2n) is 5.88. The molecule has 0 unspecified atom stereocenters. The van der Waals surface area contributed by atoms with Gasteiger partial charge in [0, 0.05) is 5.41 Å². The van der Waals surface area contributed by atoms with E-state index in [0.29, 0.717) is 17.2 Å². The highest BCUT2D eigenvalue weighted by Gasteiger charge is 2.22. The number of hydrogen-bond acceptors (Lipinski definition) is 3. The van der Waals surface area contributed by atoms with Gasteiger partial charge in [0.15, 0.2) is 5.58 Å². The van der Waals surface area contributed by atoms with Crippen LogP contribution in [0.2, 0.25) is 0 Å². The van der Waals surface area contributed by atoms with Crippen LogP contribution in [0.5, 0.6) is 0 Å². The van der Waals surface area contributed by atoms with Crippen LogP contribution in [0.3, 0.4) is 0 Å². The van der Waals surface area contributed by atoms with Gasteiger partial charge in [-0.3, -0.25) is 0 Å². The van der Waals surface area contributed by atoms with Gasteiger partial charge in [-0.2, -0.15) is 0 Å². The highest BCUT2D eigenvalue weighted by Crippen LogP contribution is 2.31. The van der Waals surface area contributed by atoms with Crippen molar-refractivity contribution in [2.24, 2.45) is 0 Å². The van der Waals surface area contributed by atoms with E-state index in [0.717, 1.165) is 11.4 Å². The highest BCUT2D eigenvalue weighted by atomic mass is 16.3. The molecule has 0 aliphatic rings. The molecule has 0 aliphatic heterocycles. The van der Waals surface area contributed by atoms with E-state index in [4.69, 9.17) is 10.2 Å². The van der Waals surface area contributed by atoms with E-state index in [1.165, 1.54) is 5.56 Å². The lowest BCUT2D eigenvalue weighted by Gasteiger charge is -2.11. The lowest BCUT2D eigenvalue weighted by molar-refractivity contribution is 0.411. The van der Waals surface area contributed by atoms with Gasteiger partial charge >= 0.3 is 0 Å². The summed E-state index contributed by atoms with van der Waals surface area (Å²) in [6.07, 6.45) is 0. The first-order valence-electron chi connectivity index (χ1n) is 5.99. The minimum atomic E-state index is -0.0938. The van der Waals surface area contributed by atoms with Crippen molar-refractivity contribution >= 4 is 16.8 Å². The zero-order valence-electron chi connectivity index (χ0n) is 11.2. The predicted octanol–water partition coefficient (Wildman–Crippen LogP) is 3.83. The molecule has 92 valence electrons. The number of hydrogen-bond donors (Lipinski definition) is 1. The maximum Gasteiger partial charge on any atom is 0.200 e. The van der Waals surface area contributed by atoms with Gasteiger partial charge in [-0.1, -0.05) is 34.6 Å². The van der Waals surface area contributed by atoms with Gasteiger partial charge < -0.3 is 10.2 Å². The number of benzene rings is 1. The summed E-state index contributed by atoms with van der Waals surface area (Å²) in [5, 5.41) is 0. The van der Waals surface area contributed by atoms with Gasteiger partial charge in [-0.05, 0) is 23.6 Å². The smallest absolute Gasteiger partial charge is 0.200 e. The quantitative estimate of drug-likeness (QED) is 0.760. The number of nitrogen functional groups attached to an aromatic ring is 1. The Kier molecular flexibility index (Phi) is 2.64. The zero-order chi connectivity index (χ0) is 12.8. The first-order chi connectivity index (χ1) is 7.79. The van der Waals surface area contributed by atoms with Crippen molar-refractivity contribution in [1.29, 1.82) is 0 Å². The van der Waals surface area contributed by atoms with E-state index >= 15 is 0 Å². The van der Waals surface area contributed by atoms with Crippen LogP contribution in [-0.4, -0.2) is 4.98 Å². The fraction of sp³-hybridized carbons (Fsp3) is 0.500. The molecule has 0 saturated carbocycles. The number of nitrogens with zero attached hydrogens (tertiary/aromatic N) is 1. The van der Waals surface area contributed by atoms with Crippen molar-refractivity contribution < 1.29 is 4.42 Å². The molecule has 1 aromatic heterocycles. The van der Waals surface area contributed by atoms with Gasteiger partial charge in [-0.25, -0.2) is 4.98 Å². The molecule has 0 spiro atoms. The van der Waals surface area contributed by atoms with Gasteiger partial charge in [0.05, 0.1) is 5.69 Å². The summed E-state index contributed by atoms with van der Waals surface area (Å²) < 4.78 is 5.76. The average molecular weight is 232 g/mol. The summed E-state index contributed by atoms with van der Waals surface area (Å²) in [6.45, 7) is 10.5. The summed E-state index contributed by atoms with van der Waals surface area (Å²) in [4.78, 5) is 4.54. The number of oxazole rings is 1. The molecule has 3 heteroatoms. The summed E-state index contributed by atoms with van der Waals surface area (Å²) in [6, 6.07) is 4.04. The largest absolute Gasteiger partial charge is 0.438 e. The Balaban J connectivity index is 2.65. The van der Waals surface area contributed by atoms with E-state index in [2.05, 4.69) is 45.7 Å². The van der Waals surface area contributed by atoms with Crippen molar-refractivity contribution in [1.82, 2.24) is 4.98 Å².